The average molecular weight is 399 g/mol. The van der Waals surface area contributed by atoms with Gasteiger partial charge in [-0.05, 0) is 51.4 Å². The first-order chi connectivity index (χ1) is 14.0. The summed E-state index contributed by atoms with van der Waals surface area (Å²) in [7, 11) is 2.09. The van der Waals surface area contributed by atoms with Gasteiger partial charge < -0.3 is 14.4 Å². The van der Waals surface area contributed by atoms with Crippen LogP contribution in [0.3, 0.4) is 0 Å². The van der Waals surface area contributed by atoms with Crippen molar-refractivity contribution in [2.24, 2.45) is 0 Å². The zero-order chi connectivity index (χ0) is 20.4. The van der Waals surface area contributed by atoms with Crippen LogP contribution >= 0.6 is 0 Å². The Hall–Kier alpha value is -2.21. The van der Waals surface area contributed by atoms with Crippen LogP contribution < -0.4 is 0 Å². The van der Waals surface area contributed by atoms with Crippen molar-refractivity contribution in [1.29, 1.82) is 0 Å². The lowest BCUT2D eigenvalue weighted by molar-refractivity contribution is -0.131. The van der Waals surface area contributed by atoms with E-state index in [2.05, 4.69) is 28.4 Å². The summed E-state index contributed by atoms with van der Waals surface area (Å²) in [4.78, 5) is 22.1. The molecule has 156 valence electrons. The monoisotopic (exact) mass is 398 g/mol. The maximum Gasteiger partial charge on any atom is 0.223 e. The van der Waals surface area contributed by atoms with E-state index in [0.29, 0.717) is 11.6 Å². The van der Waals surface area contributed by atoms with Crippen LogP contribution in [0.5, 0.6) is 0 Å². The van der Waals surface area contributed by atoms with E-state index < -0.39 is 0 Å². The molecule has 2 aliphatic rings. The van der Waals surface area contributed by atoms with Crippen molar-refractivity contribution in [2.45, 2.75) is 51.0 Å². The molecular weight excluding hydrogens is 367 g/mol. The Kier molecular flexibility index (Phi) is 5.99. The van der Waals surface area contributed by atoms with E-state index in [-0.39, 0.29) is 24.1 Å². The molecule has 2 unspecified atom stereocenters. The number of carbonyl (C=O) groups excluding carboxylic acids is 1. The van der Waals surface area contributed by atoms with E-state index in [4.69, 9.17) is 0 Å². The van der Waals surface area contributed by atoms with Crippen molar-refractivity contribution >= 4 is 5.91 Å². The van der Waals surface area contributed by atoms with Crippen LogP contribution in [-0.4, -0.2) is 58.5 Å². The molecule has 1 aromatic heterocycles. The van der Waals surface area contributed by atoms with E-state index in [1.807, 2.05) is 23.2 Å². The number of imidazole rings is 1. The smallest absolute Gasteiger partial charge is 0.223 e. The van der Waals surface area contributed by atoms with E-state index in [1.165, 1.54) is 6.07 Å². The van der Waals surface area contributed by atoms with Crippen LogP contribution in [0.4, 0.5) is 4.39 Å². The standard InChI is InChI=1S/C23H31FN4O/c1-17-7-5-10-22-25-16-21(28(17)22)19(18-8-3-4-9-20(18)24)15-23(29)27-12-6-11-26(2)13-14-27/h3-4,8-9,16-17,19H,5-7,10-15H2,1-2H3. The Morgan fingerprint density at radius 1 is 1.21 bits per heavy atom. The molecule has 1 saturated heterocycles. The maximum absolute atomic E-state index is 14.8. The summed E-state index contributed by atoms with van der Waals surface area (Å²) in [6.07, 6.45) is 6.29. The fourth-order valence-electron chi connectivity index (χ4n) is 4.78. The number of rotatable bonds is 4. The molecule has 1 aromatic carbocycles. The molecule has 1 amide bonds. The topological polar surface area (TPSA) is 41.4 Å². The lowest BCUT2D eigenvalue weighted by Gasteiger charge is -2.29. The second kappa shape index (κ2) is 8.66. The first-order valence-electron chi connectivity index (χ1n) is 10.8. The molecule has 0 bridgehead atoms. The van der Waals surface area contributed by atoms with Gasteiger partial charge in [0.2, 0.25) is 5.91 Å². The van der Waals surface area contributed by atoms with Crippen molar-refractivity contribution in [3.05, 3.63) is 53.4 Å². The Morgan fingerprint density at radius 2 is 2.03 bits per heavy atom. The highest BCUT2D eigenvalue weighted by Crippen LogP contribution is 2.35. The van der Waals surface area contributed by atoms with Gasteiger partial charge in [-0.3, -0.25) is 4.79 Å². The first kappa shape index (κ1) is 20.1. The van der Waals surface area contributed by atoms with Gasteiger partial charge in [0, 0.05) is 56.3 Å². The number of halogens is 1. The van der Waals surface area contributed by atoms with Crippen molar-refractivity contribution in [3.63, 3.8) is 0 Å². The number of carbonyl (C=O) groups is 1. The van der Waals surface area contributed by atoms with Crippen LogP contribution in [0.15, 0.2) is 30.5 Å². The molecule has 2 aromatic rings. The Labute approximate surface area is 172 Å². The molecule has 2 aliphatic heterocycles. The lowest BCUT2D eigenvalue weighted by Crippen LogP contribution is -2.35. The second-order valence-electron chi connectivity index (χ2n) is 8.53. The molecule has 6 heteroatoms. The molecule has 0 N–H and O–H groups in total. The van der Waals surface area contributed by atoms with E-state index >= 15 is 0 Å². The maximum atomic E-state index is 14.8. The van der Waals surface area contributed by atoms with Gasteiger partial charge in [0.25, 0.3) is 0 Å². The van der Waals surface area contributed by atoms with E-state index in [9.17, 15) is 9.18 Å². The van der Waals surface area contributed by atoms with Crippen LogP contribution in [0.2, 0.25) is 0 Å². The summed E-state index contributed by atoms with van der Waals surface area (Å²) in [6, 6.07) is 7.19. The summed E-state index contributed by atoms with van der Waals surface area (Å²) < 4.78 is 17.1. The molecule has 0 radical (unpaired) electrons. The first-order valence-corrected chi connectivity index (χ1v) is 10.8. The van der Waals surface area contributed by atoms with Gasteiger partial charge in [0.1, 0.15) is 11.6 Å². The minimum absolute atomic E-state index is 0.104. The number of likely N-dealkylation sites (N-methyl/N-ethyl adjacent to an activating group) is 1. The molecule has 4 rings (SSSR count). The van der Waals surface area contributed by atoms with Crippen LogP contribution in [0, 0.1) is 5.82 Å². The summed E-state index contributed by atoms with van der Waals surface area (Å²) in [6.45, 7) is 5.59. The SMILES string of the molecule is CC1CCCc2ncc(C(CC(=O)N3CCCN(C)CC3)c3ccccc3F)n21. The number of aromatic nitrogens is 2. The summed E-state index contributed by atoms with van der Waals surface area (Å²) in [5.74, 6) is 0.600. The number of aryl methyl sites for hydroxylation is 1. The Bertz CT molecular complexity index is 864. The molecule has 2 atom stereocenters. The Balaban J connectivity index is 1.66. The highest BCUT2D eigenvalue weighted by atomic mass is 19.1. The van der Waals surface area contributed by atoms with Gasteiger partial charge in [-0.1, -0.05) is 18.2 Å². The van der Waals surface area contributed by atoms with Crippen molar-refractivity contribution in [1.82, 2.24) is 19.4 Å². The molecule has 0 spiro atoms. The van der Waals surface area contributed by atoms with E-state index in [0.717, 1.165) is 63.4 Å². The van der Waals surface area contributed by atoms with Crippen LogP contribution in [0.1, 0.15) is 61.6 Å². The highest BCUT2D eigenvalue weighted by Gasteiger charge is 2.30. The largest absolute Gasteiger partial charge is 0.341 e. The fourth-order valence-corrected chi connectivity index (χ4v) is 4.78. The van der Waals surface area contributed by atoms with Crippen molar-refractivity contribution in [2.75, 3.05) is 33.2 Å². The third kappa shape index (κ3) is 4.22. The molecule has 0 aliphatic carbocycles. The van der Waals surface area contributed by atoms with Crippen molar-refractivity contribution in [3.8, 4) is 0 Å². The average Bonchev–Trinajstić information content (AvgIpc) is 3.02. The van der Waals surface area contributed by atoms with Crippen molar-refractivity contribution < 1.29 is 9.18 Å². The van der Waals surface area contributed by atoms with Crippen LogP contribution in [0.25, 0.3) is 0 Å². The van der Waals surface area contributed by atoms with Gasteiger partial charge in [0.05, 0.1) is 0 Å². The number of nitrogens with zero attached hydrogens (tertiary/aromatic N) is 4. The Morgan fingerprint density at radius 3 is 2.86 bits per heavy atom. The number of amides is 1. The molecule has 0 saturated carbocycles. The third-order valence-electron chi connectivity index (χ3n) is 6.45. The number of fused-ring (bicyclic) bond motifs is 1. The number of hydrogen-bond donors (Lipinski definition) is 0. The van der Waals surface area contributed by atoms with Gasteiger partial charge in [-0.2, -0.15) is 0 Å². The summed E-state index contributed by atoms with van der Waals surface area (Å²) in [5, 5.41) is 0. The van der Waals surface area contributed by atoms with Gasteiger partial charge in [0.15, 0.2) is 0 Å². The quantitative estimate of drug-likeness (QED) is 0.790. The van der Waals surface area contributed by atoms with Gasteiger partial charge >= 0.3 is 0 Å². The number of hydrogen-bond acceptors (Lipinski definition) is 3. The molecule has 1 fully saturated rings. The van der Waals surface area contributed by atoms with Crippen LogP contribution in [-0.2, 0) is 11.2 Å². The minimum Gasteiger partial charge on any atom is -0.341 e. The lowest BCUT2D eigenvalue weighted by atomic mass is 9.90. The minimum atomic E-state index is -0.313. The van der Waals surface area contributed by atoms with Gasteiger partial charge in [-0.25, -0.2) is 9.37 Å². The zero-order valence-electron chi connectivity index (χ0n) is 17.5. The molecule has 5 nitrogen and oxygen atoms in total. The second-order valence-corrected chi connectivity index (χ2v) is 8.53. The zero-order valence-corrected chi connectivity index (χ0v) is 17.5. The molecular formula is C23H31FN4O. The predicted molar refractivity (Wildman–Crippen MR) is 111 cm³/mol. The van der Waals surface area contributed by atoms with Gasteiger partial charge in [-0.15, -0.1) is 0 Å². The molecule has 3 heterocycles. The third-order valence-corrected chi connectivity index (χ3v) is 6.45. The summed E-state index contributed by atoms with van der Waals surface area (Å²) in [5.41, 5.74) is 1.56. The summed E-state index contributed by atoms with van der Waals surface area (Å²) >= 11 is 0. The van der Waals surface area contributed by atoms with E-state index in [1.54, 1.807) is 6.07 Å². The number of benzene rings is 1. The fraction of sp³-hybridized carbons (Fsp3) is 0.565. The normalized spacial score (nSPS) is 21.5. The predicted octanol–water partition coefficient (Wildman–Crippen LogP) is 3.61. The highest BCUT2D eigenvalue weighted by molar-refractivity contribution is 5.77. The molecule has 29 heavy (non-hydrogen) atoms.